The Balaban J connectivity index is 0.00000280. The van der Waals surface area contributed by atoms with Crippen LogP contribution >= 0.6 is 46.9 Å². The van der Waals surface area contributed by atoms with Gasteiger partial charge in [-0.2, -0.15) is 0 Å². The van der Waals surface area contributed by atoms with Crippen molar-refractivity contribution in [2.45, 2.75) is 0 Å². The van der Waals surface area contributed by atoms with E-state index >= 15 is 0 Å². The van der Waals surface area contributed by atoms with Gasteiger partial charge in [0.1, 0.15) is 0 Å². The standard InChI is InChI=1S/C19H24ClN5OS.HI/c1-21-19(25-12-10-24(11-13-25)17-7-4-14-27-17)23-9-8-22-18(26)15-5-2-3-6-16(15)20;/h2-7,14H,8-13H2,1H3,(H,21,23)(H,22,26);1H. The third kappa shape index (κ3) is 5.99. The van der Waals surface area contributed by atoms with E-state index < -0.39 is 0 Å². The Hall–Kier alpha value is -1.52. The van der Waals surface area contributed by atoms with Crippen LogP contribution in [0.15, 0.2) is 46.8 Å². The maximum atomic E-state index is 12.2. The van der Waals surface area contributed by atoms with Gasteiger partial charge in [-0.3, -0.25) is 9.79 Å². The lowest BCUT2D eigenvalue weighted by Crippen LogP contribution is -2.53. The number of nitrogens with zero attached hydrogens (tertiary/aromatic N) is 3. The fourth-order valence-electron chi connectivity index (χ4n) is 3.01. The molecule has 1 aromatic carbocycles. The number of hydrogen-bond acceptors (Lipinski definition) is 4. The number of benzene rings is 1. The van der Waals surface area contributed by atoms with Gasteiger partial charge < -0.3 is 20.4 Å². The van der Waals surface area contributed by atoms with E-state index in [0.717, 1.165) is 32.1 Å². The van der Waals surface area contributed by atoms with Gasteiger partial charge in [-0.05, 0) is 29.6 Å². The van der Waals surface area contributed by atoms with Gasteiger partial charge in [0.25, 0.3) is 5.91 Å². The molecule has 2 heterocycles. The first-order valence-electron chi connectivity index (χ1n) is 8.96. The molecule has 152 valence electrons. The molecule has 0 atom stereocenters. The van der Waals surface area contributed by atoms with Crippen LogP contribution in [0.5, 0.6) is 0 Å². The fourth-order valence-corrected chi connectivity index (χ4v) is 4.02. The van der Waals surface area contributed by atoms with Crippen molar-refractivity contribution in [3.63, 3.8) is 0 Å². The summed E-state index contributed by atoms with van der Waals surface area (Å²) in [5.74, 6) is 0.703. The first-order valence-corrected chi connectivity index (χ1v) is 10.2. The molecule has 0 unspecified atom stereocenters. The van der Waals surface area contributed by atoms with E-state index in [-0.39, 0.29) is 29.9 Å². The second-order valence-electron chi connectivity index (χ2n) is 6.14. The highest BCUT2D eigenvalue weighted by Gasteiger charge is 2.20. The van der Waals surface area contributed by atoms with Crippen molar-refractivity contribution in [3.8, 4) is 0 Å². The van der Waals surface area contributed by atoms with Gasteiger partial charge in [0.15, 0.2) is 5.96 Å². The van der Waals surface area contributed by atoms with Crippen molar-refractivity contribution >= 4 is 63.8 Å². The van der Waals surface area contributed by atoms with Gasteiger partial charge in [-0.25, -0.2) is 0 Å². The predicted octanol–water partition coefficient (Wildman–Crippen LogP) is 3.15. The van der Waals surface area contributed by atoms with Gasteiger partial charge in [0.05, 0.1) is 15.6 Å². The molecule has 0 radical (unpaired) electrons. The molecule has 0 saturated carbocycles. The molecule has 1 aliphatic rings. The maximum Gasteiger partial charge on any atom is 0.252 e. The van der Waals surface area contributed by atoms with E-state index in [2.05, 4.69) is 42.9 Å². The number of rotatable bonds is 5. The number of carbonyl (C=O) groups excluding carboxylic acids is 1. The third-order valence-corrected chi connectivity index (χ3v) is 5.68. The predicted molar refractivity (Wildman–Crippen MR) is 129 cm³/mol. The number of amides is 1. The maximum absolute atomic E-state index is 12.2. The van der Waals surface area contributed by atoms with E-state index in [1.54, 1.807) is 36.6 Å². The van der Waals surface area contributed by atoms with Crippen LogP contribution in [0.1, 0.15) is 10.4 Å². The van der Waals surface area contributed by atoms with Crippen LogP contribution in [-0.2, 0) is 0 Å². The fraction of sp³-hybridized carbons (Fsp3) is 0.368. The zero-order valence-electron chi connectivity index (χ0n) is 15.7. The van der Waals surface area contributed by atoms with Gasteiger partial charge in [-0.15, -0.1) is 35.3 Å². The van der Waals surface area contributed by atoms with Crippen LogP contribution < -0.4 is 15.5 Å². The molecule has 6 nitrogen and oxygen atoms in total. The van der Waals surface area contributed by atoms with Gasteiger partial charge >= 0.3 is 0 Å². The number of aliphatic imine (C=N–C) groups is 1. The molecular formula is C19H25ClIN5OS. The summed E-state index contributed by atoms with van der Waals surface area (Å²) in [6.45, 7) is 4.90. The van der Waals surface area contributed by atoms with Crippen molar-refractivity contribution < 1.29 is 4.79 Å². The van der Waals surface area contributed by atoms with Crippen LogP contribution in [0.25, 0.3) is 0 Å². The van der Waals surface area contributed by atoms with Crippen molar-refractivity contribution in [3.05, 3.63) is 52.4 Å². The third-order valence-electron chi connectivity index (χ3n) is 4.42. The zero-order chi connectivity index (χ0) is 19.1. The number of hydrogen-bond donors (Lipinski definition) is 2. The molecule has 0 bridgehead atoms. The molecule has 1 amide bonds. The van der Waals surface area contributed by atoms with Crippen molar-refractivity contribution in [1.82, 2.24) is 15.5 Å². The van der Waals surface area contributed by atoms with Crippen molar-refractivity contribution in [1.29, 1.82) is 0 Å². The lowest BCUT2D eigenvalue weighted by molar-refractivity contribution is 0.0954. The Morgan fingerprint density at radius 2 is 1.82 bits per heavy atom. The lowest BCUT2D eigenvalue weighted by Gasteiger charge is -2.37. The Bertz CT molecular complexity index is 778. The van der Waals surface area contributed by atoms with E-state index in [0.29, 0.717) is 23.7 Å². The van der Waals surface area contributed by atoms with Crippen LogP contribution in [0.4, 0.5) is 5.00 Å². The average molecular weight is 534 g/mol. The second-order valence-corrected chi connectivity index (χ2v) is 7.47. The van der Waals surface area contributed by atoms with Crippen molar-refractivity contribution in [2.24, 2.45) is 4.99 Å². The molecule has 1 fully saturated rings. The van der Waals surface area contributed by atoms with Gasteiger partial charge in [0.2, 0.25) is 0 Å². The minimum absolute atomic E-state index is 0. The number of piperazine rings is 1. The van der Waals surface area contributed by atoms with Gasteiger partial charge in [0, 0.05) is 46.3 Å². The normalized spacial score (nSPS) is 14.4. The second kappa shape index (κ2) is 11.5. The highest BCUT2D eigenvalue weighted by atomic mass is 127. The summed E-state index contributed by atoms with van der Waals surface area (Å²) in [6, 6.07) is 11.3. The van der Waals surface area contributed by atoms with Crippen LogP contribution in [-0.4, -0.2) is 63.1 Å². The largest absolute Gasteiger partial charge is 0.360 e. The van der Waals surface area contributed by atoms with Crippen LogP contribution in [0, 0.1) is 0 Å². The quantitative estimate of drug-likeness (QED) is 0.268. The smallest absolute Gasteiger partial charge is 0.252 e. The number of carbonyl (C=O) groups is 1. The molecule has 1 aromatic heterocycles. The van der Waals surface area contributed by atoms with E-state index in [9.17, 15) is 4.79 Å². The zero-order valence-corrected chi connectivity index (χ0v) is 19.6. The summed E-state index contributed by atoms with van der Waals surface area (Å²) >= 11 is 7.83. The average Bonchev–Trinajstić information content (AvgIpc) is 3.23. The lowest BCUT2D eigenvalue weighted by atomic mass is 10.2. The monoisotopic (exact) mass is 533 g/mol. The molecule has 2 N–H and O–H groups in total. The van der Waals surface area contributed by atoms with Crippen LogP contribution in [0.2, 0.25) is 5.02 Å². The first-order chi connectivity index (χ1) is 13.2. The Morgan fingerprint density at radius 3 is 2.46 bits per heavy atom. The molecule has 0 aliphatic carbocycles. The summed E-state index contributed by atoms with van der Waals surface area (Å²) in [6.07, 6.45) is 0. The van der Waals surface area contributed by atoms with E-state index in [1.165, 1.54) is 5.00 Å². The minimum Gasteiger partial charge on any atom is -0.360 e. The minimum atomic E-state index is -0.165. The molecule has 3 rings (SSSR count). The number of thiophene rings is 1. The summed E-state index contributed by atoms with van der Waals surface area (Å²) in [7, 11) is 1.79. The summed E-state index contributed by atoms with van der Waals surface area (Å²) < 4.78 is 0. The number of guanidine groups is 1. The Kier molecular flexibility index (Phi) is 9.33. The highest BCUT2D eigenvalue weighted by Crippen LogP contribution is 2.22. The summed E-state index contributed by atoms with van der Waals surface area (Å²) in [4.78, 5) is 21.2. The number of halogens is 2. The summed E-state index contributed by atoms with van der Waals surface area (Å²) in [5.41, 5.74) is 0.494. The first kappa shape index (κ1) is 22.8. The van der Waals surface area contributed by atoms with Crippen molar-refractivity contribution in [2.75, 3.05) is 51.2 Å². The molecule has 9 heteroatoms. The molecule has 1 saturated heterocycles. The van der Waals surface area contributed by atoms with E-state index in [4.69, 9.17) is 11.6 Å². The Labute approximate surface area is 192 Å². The molecular weight excluding hydrogens is 509 g/mol. The SMILES string of the molecule is CN=C(NCCNC(=O)c1ccccc1Cl)N1CCN(c2cccs2)CC1.I. The van der Waals surface area contributed by atoms with E-state index in [1.807, 2.05) is 6.07 Å². The molecule has 0 spiro atoms. The topological polar surface area (TPSA) is 60.0 Å². The number of anilines is 1. The molecule has 1 aliphatic heterocycles. The summed E-state index contributed by atoms with van der Waals surface area (Å²) in [5, 5.41) is 10.1. The highest BCUT2D eigenvalue weighted by molar-refractivity contribution is 14.0. The van der Waals surface area contributed by atoms with Gasteiger partial charge in [-0.1, -0.05) is 23.7 Å². The molecule has 28 heavy (non-hydrogen) atoms. The number of nitrogens with one attached hydrogen (secondary N) is 2. The Morgan fingerprint density at radius 1 is 1.11 bits per heavy atom. The molecule has 2 aromatic rings. The van der Waals surface area contributed by atoms with Crippen LogP contribution in [0.3, 0.4) is 0 Å².